The summed E-state index contributed by atoms with van der Waals surface area (Å²) < 4.78 is 12.3. The Labute approximate surface area is 206 Å². The van der Waals surface area contributed by atoms with E-state index in [4.69, 9.17) is 0 Å². The number of alkyl halides is 1. The lowest BCUT2D eigenvalue weighted by molar-refractivity contribution is 0.247. The largest absolute Gasteiger partial charge is 0.251 e. The normalized spacial score (nSPS) is 18.2. The predicted molar refractivity (Wildman–Crippen MR) is 145 cm³/mol. The van der Waals surface area contributed by atoms with Crippen LogP contribution in [0.25, 0.3) is 22.3 Å². The van der Waals surface area contributed by atoms with Gasteiger partial charge in [-0.15, -0.1) is 0 Å². The van der Waals surface area contributed by atoms with E-state index < -0.39 is 0 Å². The van der Waals surface area contributed by atoms with Crippen LogP contribution in [0.15, 0.2) is 72.8 Å². The van der Waals surface area contributed by atoms with Gasteiger partial charge >= 0.3 is 0 Å². The van der Waals surface area contributed by atoms with E-state index >= 15 is 0 Å². The van der Waals surface area contributed by atoms with Crippen LogP contribution in [-0.4, -0.2) is 6.67 Å². The molecule has 0 atom stereocenters. The second-order valence-corrected chi connectivity index (χ2v) is 10.3. The van der Waals surface area contributed by atoms with E-state index in [0.717, 1.165) is 31.1 Å². The molecule has 1 fully saturated rings. The molecule has 0 heterocycles. The molecule has 0 aromatic heterocycles. The minimum absolute atomic E-state index is 0.146. The van der Waals surface area contributed by atoms with E-state index in [-0.39, 0.29) is 6.67 Å². The number of aryl methyl sites for hydroxylation is 2. The van der Waals surface area contributed by atoms with E-state index in [2.05, 4.69) is 79.7 Å². The van der Waals surface area contributed by atoms with Gasteiger partial charge in [-0.2, -0.15) is 0 Å². The number of hydrogen-bond donors (Lipinski definition) is 0. The Morgan fingerprint density at radius 3 is 1.41 bits per heavy atom. The predicted octanol–water partition coefficient (Wildman–Crippen LogP) is 9.85. The first-order chi connectivity index (χ1) is 16.7. The van der Waals surface area contributed by atoms with Crippen molar-refractivity contribution in [2.24, 2.45) is 11.8 Å². The Kier molecular flexibility index (Phi) is 9.36. The summed E-state index contributed by atoms with van der Waals surface area (Å²) in [6.07, 6.45) is 13.4. The standard InChI is InChI=1S/C33H41F/c1-2-5-26-13-17-30(18-14-26)32-21-23-33(24-22-32)31-19-15-29(16-20-31)12-11-28-9-7-27(8-10-28)6-3-4-25-34/h13-24,27-28H,2-12,25H2,1H3. The highest BCUT2D eigenvalue weighted by molar-refractivity contribution is 5.70. The van der Waals surface area contributed by atoms with Gasteiger partial charge in [-0.05, 0) is 70.9 Å². The van der Waals surface area contributed by atoms with Crippen LogP contribution < -0.4 is 0 Å². The molecule has 0 amide bonds. The molecule has 0 N–H and O–H groups in total. The summed E-state index contributed by atoms with van der Waals surface area (Å²) in [5.41, 5.74) is 8.01. The van der Waals surface area contributed by atoms with Gasteiger partial charge in [0.25, 0.3) is 0 Å². The molecule has 1 saturated carbocycles. The molecule has 0 unspecified atom stereocenters. The molecule has 0 nitrogen and oxygen atoms in total. The minimum Gasteiger partial charge on any atom is -0.251 e. The number of rotatable bonds is 11. The molecule has 34 heavy (non-hydrogen) atoms. The van der Waals surface area contributed by atoms with E-state index in [9.17, 15) is 4.39 Å². The van der Waals surface area contributed by atoms with Crippen LogP contribution in [0.1, 0.15) is 75.8 Å². The smallest absolute Gasteiger partial charge is 0.0894 e. The topological polar surface area (TPSA) is 0 Å². The first-order valence-corrected chi connectivity index (χ1v) is 13.6. The third-order valence-electron chi connectivity index (χ3n) is 7.80. The summed E-state index contributed by atoms with van der Waals surface area (Å²) in [6, 6.07) is 27.2. The average Bonchev–Trinajstić information content (AvgIpc) is 2.89. The Bertz CT molecular complexity index is 961. The van der Waals surface area contributed by atoms with Crippen molar-refractivity contribution in [3.8, 4) is 22.3 Å². The van der Waals surface area contributed by atoms with E-state index in [1.165, 1.54) is 84.7 Å². The zero-order valence-electron chi connectivity index (χ0n) is 20.9. The van der Waals surface area contributed by atoms with Crippen molar-refractivity contribution in [1.29, 1.82) is 0 Å². The quantitative estimate of drug-likeness (QED) is 0.252. The molecule has 1 aliphatic carbocycles. The maximum Gasteiger partial charge on any atom is 0.0894 e. The highest BCUT2D eigenvalue weighted by atomic mass is 19.1. The zero-order chi connectivity index (χ0) is 23.6. The molecule has 0 radical (unpaired) electrons. The summed E-state index contributed by atoms with van der Waals surface area (Å²) in [5, 5.41) is 0. The van der Waals surface area contributed by atoms with Crippen LogP contribution in [0, 0.1) is 11.8 Å². The van der Waals surface area contributed by atoms with Crippen LogP contribution in [0.3, 0.4) is 0 Å². The van der Waals surface area contributed by atoms with Gasteiger partial charge in [-0.1, -0.05) is 125 Å². The first kappa shape index (κ1) is 24.7. The fourth-order valence-electron chi connectivity index (χ4n) is 5.58. The maximum absolute atomic E-state index is 12.3. The van der Waals surface area contributed by atoms with Crippen molar-refractivity contribution in [3.63, 3.8) is 0 Å². The van der Waals surface area contributed by atoms with E-state index in [1.54, 1.807) is 0 Å². The summed E-state index contributed by atoms with van der Waals surface area (Å²) in [7, 11) is 0. The van der Waals surface area contributed by atoms with Crippen LogP contribution >= 0.6 is 0 Å². The third-order valence-corrected chi connectivity index (χ3v) is 7.80. The van der Waals surface area contributed by atoms with Crippen molar-refractivity contribution in [2.45, 2.75) is 77.6 Å². The fourth-order valence-corrected chi connectivity index (χ4v) is 5.58. The Balaban J connectivity index is 1.26. The molecule has 0 saturated heterocycles. The highest BCUT2D eigenvalue weighted by Gasteiger charge is 2.20. The molecule has 0 spiro atoms. The van der Waals surface area contributed by atoms with Crippen molar-refractivity contribution in [2.75, 3.05) is 6.67 Å². The first-order valence-electron chi connectivity index (χ1n) is 13.6. The van der Waals surface area contributed by atoms with Gasteiger partial charge in [0.15, 0.2) is 0 Å². The molecule has 0 bridgehead atoms. The SMILES string of the molecule is CCCc1ccc(-c2ccc(-c3ccc(CCC4CCC(CCCCF)CC4)cc3)cc2)cc1. The van der Waals surface area contributed by atoms with E-state index in [0.29, 0.717) is 0 Å². The monoisotopic (exact) mass is 456 g/mol. The minimum atomic E-state index is -0.146. The van der Waals surface area contributed by atoms with Crippen molar-refractivity contribution in [3.05, 3.63) is 83.9 Å². The molecular weight excluding hydrogens is 415 g/mol. The van der Waals surface area contributed by atoms with Crippen molar-refractivity contribution >= 4 is 0 Å². The van der Waals surface area contributed by atoms with Gasteiger partial charge in [0.1, 0.15) is 0 Å². The second-order valence-electron chi connectivity index (χ2n) is 10.3. The maximum atomic E-state index is 12.3. The van der Waals surface area contributed by atoms with Gasteiger partial charge in [0.2, 0.25) is 0 Å². The second kappa shape index (κ2) is 12.9. The number of benzene rings is 3. The lowest BCUT2D eigenvalue weighted by Gasteiger charge is -2.28. The molecule has 1 heteroatoms. The van der Waals surface area contributed by atoms with Crippen molar-refractivity contribution < 1.29 is 4.39 Å². The summed E-state index contributed by atoms with van der Waals surface area (Å²) in [6.45, 7) is 2.08. The Morgan fingerprint density at radius 2 is 0.971 bits per heavy atom. The molecule has 3 aromatic rings. The van der Waals surface area contributed by atoms with Crippen LogP contribution in [0.2, 0.25) is 0 Å². The molecular formula is C33H41F. The van der Waals surface area contributed by atoms with Gasteiger partial charge in [-0.3, -0.25) is 4.39 Å². The molecule has 0 aliphatic heterocycles. The van der Waals surface area contributed by atoms with Gasteiger partial charge in [-0.25, -0.2) is 0 Å². The van der Waals surface area contributed by atoms with Gasteiger partial charge in [0.05, 0.1) is 6.67 Å². The number of unbranched alkanes of at least 4 members (excludes halogenated alkanes) is 1. The lowest BCUT2D eigenvalue weighted by atomic mass is 9.78. The third kappa shape index (κ3) is 7.05. The zero-order valence-corrected chi connectivity index (χ0v) is 20.9. The molecule has 1 aliphatic rings. The number of halogens is 1. The van der Waals surface area contributed by atoms with E-state index in [1.807, 2.05) is 0 Å². The van der Waals surface area contributed by atoms with Crippen molar-refractivity contribution in [1.82, 2.24) is 0 Å². The average molecular weight is 457 g/mol. The highest BCUT2D eigenvalue weighted by Crippen LogP contribution is 2.34. The van der Waals surface area contributed by atoms with Crippen LogP contribution in [0.5, 0.6) is 0 Å². The summed E-state index contributed by atoms with van der Waals surface area (Å²) in [5.74, 6) is 1.73. The Morgan fingerprint density at radius 1 is 0.559 bits per heavy atom. The van der Waals surface area contributed by atoms with Crippen LogP contribution in [0.4, 0.5) is 4.39 Å². The van der Waals surface area contributed by atoms with Crippen LogP contribution in [-0.2, 0) is 12.8 Å². The fraction of sp³-hybridized carbons (Fsp3) is 0.455. The molecule has 4 rings (SSSR count). The Hall–Kier alpha value is -2.41. The number of hydrogen-bond acceptors (Lipinski definition) is 0. The van der Waals surface area contributed by atoms with Gasteiger partial charge in [0, 0.05) is 0 Å². The van der Waals surface area contributed by atoms with Gasteiger partial charge < -0.3 is 0 Å². The summed E-state index contributed by atoms with van der Waals surface area (Å²) >= 11 is 0. The lowest BCUT2D eigenvalue weighted by Crippen LogP contribution is -2.15. The molecule has 180 valence electrons. The summed E-state index contributed by atoms with van der Waals surface area (Å²) in [4.78, 5) is 0. The molecule has 3 aromatic carbocycles.